The van der Waals surface area contributed by atoms with Crippen LogP contribution in [-0.2, 0) is 11.3 Å². The monoisotopic (exact) mass is 403 g/mol. The van der Waals surface area contributed by atoms with Gasteiger partial charge in [-0.1, -0.05) is 11.8 Å². The van der Waals surface area contributed by atoms with Crippen molar-refractivity contribution in [2.75, 3.05) is 38.0 Å². The minimum Gasteiger partial charge on any atom is -0.454 e. The van der Waals surface area contributed by atoms with Crippen molar-refractivity contribution < 1.29 is 14.3 Å². The van der Waals surface area contributed by atoms with E-state index in [0.717, 1.165) is 49.1 Å². The molecule has 4 rings (SSSR count). The van der Waals surface area contributed by atoms with Crippen LogP contribution in [0.3, 0.4) is 0 Å². The zero-order valence-corrected chi connectivity index (χ0v) is 17.0. The SMILES string of the molecule is CCn1c(SC)nnc1C1CCCN(CC(=O)Nc2ccc3c(c2)OCO3)C1. The molecule has 2 aliphatic rings. The molecule has 1 fully saturated rings. The number of amides is 1. The molecule has 1 N–H and O–H groups in total. The molecule has 0 spiro atoms. The van der Waals surface area contributed by atoms with Crippen LogP contribution in [0.1, 0.15) is 31.5 Å². The van der Waals surface area contributed by atoms with Crippen LogP contribution in [0.2, 0.25) is 0 Å². The number of carbonyl (C=O) groups excluding carboxylic acids is 1. The lowest BCUT2D eigenvalue weighted by atomic mass is 9.97. The first-order valence-electron chi connectivity index (χ1n) is 9.57. The van der Waals surface area contributed by atoms with Crippen molar-refractivity contribution in [3.05, 3.63) is 24.0 Å². The smallest absolute Gasteiger partial charge is 0.238 e. The fourth-order valence-corrected chi connectivity index (χ4v) is 4.40. The number of aromatic nitrogens is 3. The Labute approximate surface area is 168 Å². The van der Waals surface area contributed by atoms with Gasteiger partial charge in [0.15, 0.2) is 16.7 Å². The van der Waals surface area contributed by atoms with E-state index in [1.807, 2.05) is 18.4 Å². The minimum absolute atomic E-state index is 0.0266. The van der Waals surface area contributed by atoms with Gasteiger partial charge in [0, 0.05) is 30.8 Å². The minimum atomic E-state index is -0.0266. The van der Waals surface area contributed by atoms with E-state index in [-0.39, 0.29) is 12.7 Å². The molecule has 1 saturated heterocycles. The normalized spacial score (nSPS) is 19.0. The Morgan fingerprint density at radius 3 is 3.00 bits per heavy atom. The van der Waals surface area contributed by atoms with E-state index in [1.54, 1.807) is 17.8 Å². The lowest BCUT2D eigenvalue weighted by Gasteiger charge is -2.31. The quantitative estimate of drug-likeness (QED) is 0.743. The van der Waals surface area contributed by atoms with Crippen molar-refractivity contribution in [1.29, 1.82) is 0 Å². The summed E-state index contributed by atoms with van der Waals surface area (Å²) < 4.78 is 12.9. The number of carbonyl (C=O) groups is 1. The number of hydrogen-bond donors (Lipinski definition) is 1. The molecule has 0 radical (unpaired) electrons. The van der Waals surface area contributed by atoms with Crippen molar-refractivity contribution in [1.82, 2.24) is 19.7 Å². The molecular weight excluding hydrogens is 378 g/mol. The molecule has 0 bridgehead atoms. The predicted molar refractivity (Wildman–Crippen MR) is 107 cm³/mol. The lowest BCUT2D eigenvalue weighted by molar-refractivity contribution is -0.117. The Hall–Kier alpha value is -2.26. The molecule has 3 heterocycles. The largest absolute Gasteiger partial charge is 0.454 e. The van der Waals surface area contributed by atoms with E-state index in [1.165, 1.54) is 0 Å². The maximum absolute atomic E-state index is 12.5. The van der Waals surface area contributed by atoms with Crippen molar-refractivity contribution in [3.63, 3.8) is 0 Å². The van der Waals surface area contributed by atoms with Gasteiger partial charge in [-0.3, -0.25) is 9.69 Å². The van der Waals surface area contributed by atoms with Crippen molar-refractivity contribution in [2.45, 2.75) is 37.4 Å². The van der Waals surface area contributed by atoms with Gasteiger partial charge < -0.3 is 19.4 Å². The average Bonchev–Trinajstić information content (AvgIpc) is 3.33. The number of likely N-dealkylation sites (tertiary alicyclic amines) is 1. The molecule has 8 nitrogen and oxygen atoms in total. The number of nitrogens with zero attached hydrogens (tertiary/aromatic N) is 4. The van der Waals surface area contributed by atoms with E-state index < -0.39 is 0 Å². The van der Waals surface area contributed by atoms with E-state index in [9.17, 15) is 4.79 Å². The van der Waals surface area contributed by atoms with Gasteiger partial charge in [-0.05, 0) is 44.7 Å². The summed E-state index contributed by atoms with van der Waals surface area (Å²) >= 11 is 1.62. The maximum atomic E-state index is 12.5. The Balaban J connectivity index is 1.37. The second-order valence-electron chi connectivity index (χ2n) is 6.98. The molecule has 28 heavy (non-hydrogen) atoms. The molecule has 150 valence electrons. The second-order valence-corrected chi connectivity index (χ2v) is 7.75. The molecule has 1 aromatic heterocycles. The number of hydrogen-bond acceptors (Lipinski definition) is 7. The Morgan fingerprint density at radius 1 is 1.32 bits per heavy atom. The van der Waals surface area contributed by atoms with Crippen LogP contribution in [0.5, 0.6) is 11.5 Å². The summed E-state index contributed by atoms with van der Waals surface area (Å²) in [6.45, 7) is 5.30. The fourth-order valence-electron chi connectivity index (χ4n) is 3.84. The van der Waals surface area contributed by atoms with Crippen molar-refractivity contribution >= 4 is 23.4 Å². The molecule has 9 heteroatoms. The van der Waals surface area contributed by atoms with E-state index in [4.69, 9.17) is 9.47 Å². The number of anilines is 1. The van der Waals surface area contributed by atoms with Gasteiger partial charge in [0.1, 0.15) is 5.82 Å². The number of nitrogens with one attached hydrogen (secondary N) is 1. The van der Waals surface area contributed by atoms with Crippen LogP contribution in [0.25, 0.3) is 0 Å². The van der Waals surface area contributed by atoms with Gasteiger partial charge in [0.05, 0.1) is 6.54 Å². The topological polar surface area (TPSA) is 81.5 Å². The van der Waals surface area contributed by atoms with Crippen molar-refractivity contribution in [3.8, 4) is 11.5 Å². The molecule has 0 saturated carbocycles. The van der Waals surface area contributed by atoms with E-state index >= 15 is 0 Å². The molecule has 1 amide bonds. The van der Waals surface area contributed by atoms with Crippen LogP contribution in [-0.4, -0.2) is 58.3 Å². The Morgan fingerprint density at radius 2 is 2.18 bits per heavy atom. The van der Waals surface area contributed by atoms with Gasteiger partial charge in [-0.15, -0.1) is 10.2 Å². The number of benzene rings is 1. The number of ether oxygens (including phenoxy) is 2. The van der Waals surface area contributed by atoms with Crippen molar-refractivity contribution in [2.24, 2.45) is 0 Å². The zero-order valence-electron chi connectivity index (χ0n) is 16.2. The third-order valence-corrected chi connectivity index (χ3v) is 5.81. The summed E-state index contributed by atoms with van der Waals surface area (Å²) in [6, 6.07) is 5.45. The first kappa shape index (κ1) is 19.1. The highest BCUT2D eigenvalue weighted by atomic mass is 32.2. The molecule has 1 atom stereocenters. The zero-order chi connectivity index (χ0) is 19.5. The second kappa shape index (κ2) is 8.40. The fraction of sp³-hybridized carbons (Fsp3) is 0.526. The average molecular weight is 404 g/mol. The highest BCUT2D eigenvalue weighted by molar-refractivity contribution is 7.98. The first-order valence-corrected chi connectivity index (χ1v) is 10.8. The molecule has 0 aliphatic carbocycles. The summed E-state index contributed by atoms with van der Waals surface area (Å²) in [7, 11) is 0. The Kier molecular flexibility index (Phi) is 5.72. The molecule has 1 unspecified atom stereocenters. The van der Waals surface area contributed by atoms with Crippen LogP contribution in [0.4, 0.5) is 5.69 Å². The third kappa shape index (κ3) is 3.95. The van der Waals surface area contributed by atoms with Gasteiger partial charge in [0.25, 0.3) is 0 Å². The summed E-state index contributed by atoms with van der Waals surface area (Å²) in [4.78, 5) is 14.7. The Bertz CT molecular complexity index is 856. The number of thioether (sulfide) groups is 1. The van der Waals surface area contributed by atoms with Crippen LogP contribution < -0.4 is 14.8 Å². The summed E-state index contributed by atoms with van der Waals surface area (Å²) in [5, 5.41) is 12.7. The first-order chi connectivity index (χ1) is 13.7. The predicted octanol–water partition coefficient (Wildman–Crippen LogP) is 2.57. The number of piperidine rings is 1. The van der Waals surface area contributed by atoms with Crippen LogP contribution in [0.15, 0.2) is 23.4 Å². The standard InChI is InChI=1S/C19H25N5O3S/c1-3-24-18(21-22-19(24)28-2)13-5-4-8-23(10-13)11-17(25)20-14-6-7-15-16(9-14)27-12-26-15/h6-7,9,13H,3-5,8,10-12H2,1-2H3,(H,20,25). The van der Waals surface area contributed by atoms with Gasteiger partial charge in [-0.2, -0.15) is 0 Å². The summed E-state index contributed by atoms with van der Waals surface area (Å²) in [5.41, 5.74) is 0.721. The molecule has 2 aromatic rings. The molecule has 2 aliphatic heterocycles. The highest BCUT2D eigenvalue weighted by Crippen LogP contribution is 2.34. The summed E-state index contributed by atoms with van der Waals surface area (Å²) in [6.07, 6.45) is 4.15. The lowest BCUT2D eigenvalue weighted by Crippen LogP contribution is -2.40. The van der Waals surface area contributed by atoms with Gasteiger partial charge in [0.2, 0.25) is 12.7 Å². The summed E-state index contributed by atoms with van der Waals surface area (Å²) in [5.74, 6) is 2.69. The molecule has 1 aromatic carbocycles. The van der Waals surface area contributed by atoms with E-state index in [0.29, 0.717) is 24.0 Å². The third-order valence-electron chi connectivity index (χ3n) is 5.14. The highest BCUT2D eigenvalue weighted by Gasteiger charge is 2.27. The van der Waals surface area contributed by atoms with Gasteiger partial charge in [-0.25, -0.2) is 0 Å². The number of fused-ring (bicyclic) bond motifs is 1. The van der Waals surface area contributed by atoms with Gasteiger partial charge >= 0.3 is 0 Å². The van der Waals surface area contributed by atoms with E-state index in [2.05, 4.69) is 31.9 Å². The maximum Gasteiger partial charge on any atom is 0.238 e. The van der Waals surface area contributed by atoms with Crippen LogP contribution in [0, 0.1) is 0 Å². The molecular formula is C19H25N5O3S. The van der Waals surface area contributed by atoms with Crippen LogP contribution >= 0.6 is 11.8 Å². The number of rotatable bonds is 6.